The Labute approximate surface area is 97.2 Å². The molecule has 6 heteroatoms. The zero-order chi connectivity index (χ0) is 9.61. The predicted octanol–water partition coefficient (Wildman–Crippen LogP) is -1.96. The van der Waals surface area contributed by atoms with E-state index in [4.69, 9.17) is 19.2 Å². The van der Waals surface area contributed by atoms with E-state index < -0.39 is 7.82 Å². The van der Waals surface area contributed by atoms with Gasteiger partial charge in [0.25, 0.3) is 0 Å². The van der Waals surface area contributed by atoms with Crippen molar-refractivity contribution in [2.75, 3.05) is 0 Å². The van der Waals surface area contributed by atoms with Crippen LogP contribution >= 0.6 is 7.82 Å². The van der Waals surface area contributed by atoms with Crippen molar-refractivity contribution >= 4 is 8.90 Å². The van der Waals surface area contributed by atoms with Crippen molar-refractivity contribution < 1.29 is 58.9 Å². The summed E-state index contributed by atoms with van der Waals surface area (Å²) in [4.78, 5) is 25.6. The summed E-state index contributed by atoms with van der Waals surface area (Å²) in [5.41, 5.74) is 0. The zero-order valence-electron chi connectivity index (χ0n) is 5.97. The van der Waals surface area contributed by atoms with Crippen molar-refractivity contribution in [3.63, 3.8) is 0 Å². The molecule has 0 amide bonds. The van der Waals surface area contributed by atoms with Gasteiger partial charge < -0.3 is 19.2 Å². The molecule has 0 radical (unpaired) electrons. The first-order valence-corrected chi connectivity index (χ1v) is 5.92. The van der Waals surface area contributed by atoms with Gasteiger partial charge in [-0.2, -0.15) is 7.82 Å². The normalized spacial score (nSPS) is 10.1. The van der Waals surface area contributed by atoms with Gasteiger partial charge in [-0.1, -0.05) is 0 Å². The first-order chi connectivity index (χ1) is 5.39. The molecule has 1 aromatic carbocycles. The standard InChI is InChI=1S/C6H5.Ce.H3O4P/c1-2-4-6-5-3-1;;1-5(2,3)4/h1-5H;;(H3,1,2,3,4)/q;+3;/p-3. The van der Waals surface area contributed by atoms with Crippen LogP contribution in [0, 0.1) is 39.6 Å². The Morgan fingerprint density at radius 3 is 1.58 bits per heavy atom. The molecule has 0 aliphatic heterocycles. The van der Waals surface area contributed by atoms with Crippen LogP contribution < -0.4 is 15.8 Å². The van der Waals surface area contributed by atoms with Crippen molar-refractivity contribution in [1.29, 1.82) is 0 Å². The molecule has 0 unspecified atom stereocenters. The van der Waals surface area contributed by atoms with E-state index in [0.29, 0.717) is 0 Å². The summed E-state index contributed by atoms with van der Waals surface area (Å²) in [5.74, 6) is 0. The summed E-state index contributed by atoms with van der Waals surface area (Å²) >= 11 is 1.17. The molecule has 12 heavy (non-hydrogen) atoms. The number of phosphoric acid groups is 1. The summed E-state index contributed by atoms with van der Waals surface area (Å²) < 4.78 is 10.0. The van der Waals surface area contributed by atoms with E-state index in [0.717, 1.165) is 0 Å². The van der Waals surface area contributed by atoms with E-state index in [1.807, 2.05) is 6.07 Å². The van der Waals surface area contributed by atoms with Crippen LogP contribution in [0.3, 0.4) is 0 Å². The summed E-state index contributed by atoms with van der Waals surface area (Å²) in [7, 11) is -5.39. The number of hydrogen-bond acceptors (Lipinski definition) is 4. The van der Waals surface area contributed by atoms with E-state index in [1.54, 1.807) is 0 Å². The fourth-order valence-corrected chi connectivity index (χ4v) is 1.04. The zero-order valence-corrected chi connectivity index (χ0v) is 10.0. The van der Waals surface area contributed by atoms with Crippen molar-refractivity contribution in [2.24, 2.45) is 0 Å². The maximum atomic E-state index is 8.55. The minimum atomic E-state index is -5.39. The molecule has 0 bridgehead atoms. The van der Waals surface area contributed by atoms with Crippen LogP contribution in [0.4, 0.5) is 0 Å². The molecule has 0 fully saturated rings. The first kappa shape index (κ1) is 12.7. The average molecular weight is 312 g/mol. The Kier molecular flexibility index (Phi) is 6.57. The molecule has 1 aromatic rings. The molecule has 0 heterocycles. The molecule has 0 atom stereocenters. The van der Waals surface area contributed by atoms with Crippen molar-refractivity contribution in [2.45, 2.75) is 0 Å². The molecule has 0 aliphatic carbocycles. The first-order valence-electron chi connectivity index (χ1n) is 2.89. The van der Waals surface area contributed by atoms with Gasteiger partial charge >= 0.3 is 71.1 Å². The van der Waals surface area contributed by atoms with E-state index >= 15 is 0 Å². The van der Waals surface area contributed by atoms with Gasteiger partial charge in [-0.05, 0) is 0 Å². The molecule has 1 rings (SSSR count). The van der Waals surface area contributed by atoms with Crippen molar-refractivity contribution in [1.82, 2.24) is 0 Å². The Morgan fingerprint density at radius 2 is 1.42 bits per heavy atom. The predicted molar refractivity (Wildman–Crippen MR) is 33.7 cm³/mol. The van der Waals surface area contributed by atoms with Gasteiger partial charge in [0.05, 0.1) is 0 Å². The molecule has 0 saturated heterocycles. The number of benzene rings is 1. The molecule has 0 aliphatic rings. The van der Waals surface area contributed by atoms with Crippen molar-refractivity contribution in [3.05, 3.63) is 30.3 Å². The summed E-state index contributed by atoms with van der Waals surface area (Å²) in [5, 5.41) is 0. The van der Waals surface area contributed by atoms with Crippen LogP contribution in [0.5, 0.6) is 0 Å². The van der Waals surface area contributed by atoms with E-state index in [1.165, 1.54) is 40.7 Å². The molecule has 0 N–H and O–H groups in total. The summed E-state index contributed by atoms with van der Waals surface area (Å²) in [6, 6.07) is 10.5. The third-order valence-corrected chi connectivity index (χ3v) is 1.82. The van der Waals surface area contributed by atoms with Crippen LogP contribution in [-0.2, 0) is 4.57 Å². The summed E-state index contributed by atoms with van der Waals surface area (Å²) in [6.07, 6.45) is 0. The second-order valence-corrected chi connectivity index (χ2v) is 4.52. The SMILES string of the molecule is O=P([O-])([O-])[O-].[Ce+3][c]1ccccc1. The van der Waals surface area contributed by atoms with Crippen LogP contribution in [-0.4, -0.2) is 0 Å². The van der Waals surface area contributed by atoms with E-state index in [2.05, 4.69) is 24.3 Å². The second-order valence-electron chi connectivity index (χ2n) is 1.81. The quantitative estimate of drug-likeness (QED) is 0.520. The molecule has 0 aromatic heterocycles. The molecule has 62 valence electrons. The molecule has 0 saturated carbocycles. The minimum absolute atomic E-state index is 1.17. The molecular formula is C6H5CeO4P. The van der Waals surface area contributed by atoms with Crippen LogP contribution in [0.25, 0.3) is 0 Å². The van der Waals surface area contributed by atoms with Crippen LogP contribution in [0.15, 0.2) is 30.3 Å². The van der Waals surface area contributed by atoms with Crippen molar-refractivity contribution in [3.8, 4) is 0 Å². The fraction of sp³-hybridized carbons (Fsp3) is 0. The number of hydrogen-bond donors (Lipinski definition) is 0. The van der Waals surface area contributed by atoms with Gasteiger partial charge in [-0.25, -0.2) is 0 Å². The van der Waals surface area contributed by atoms with Gasteiger partial charge in [0.1, 0.15) is 0 Å². The average Bonchev–Trinajstić information content (AvgIpc) is 1.85. The third kappa shape index (κ3) is 13.3. The van der Waals surface area contributed by atoms with Gasteiger partial charge in [0.2, 0.25) is 0 Å². The maximum absolute atomic E-state index is 8.55. The monoisotopic (exact) mass is 312 g/mol. The molecular weight excluding hydrogens is 307 g/mol. The fourth-order valence-electron chi connectivity index (χ4n) is 0.438. The topological polar surface area (TPSA) is 86.2 Å². The van der Waals surface area contributed by atoms with E-state index in [9.17, 15) is 0 Å². The number of rotatable bonds is 0. The van der Waals surface area contributed by atoms with Crippen LogP contribution in [0.2, 0.25) is 0 Å². The Hall–Kier alpha value is 0.707. The molecule has 0 spiro atoms. The second kappa shape index (κ2) is 6.20. The molecule has 4 nitrogen and oxygen atoms in total. The summed E-state index contributed by atoms with van der Waals surface area (Å²) in [6.45, 7) is 0. The van der Waals surface area contributed by atoms with Crippen LogP contribution in [0.1, 0.15) is 0 Å². The Bertz CT molecular complexity index is 249. The van der Waals surface area contributed by atoms with Gasteiger partial charge in [-0.3, -0.25) is 0 Å². The Balaban J connectivity index is 0.000000217. The third-order valence-electron chi connectivity index (χ3n) is 0.774. The Morgan fingerprint density at radius 1 is 1.08 bits per heavy atom. The van der Waals surface area contributed by atoms with Gasteiger partial charge in [-0.15, -0.1) is 0 Å². The van der Waals surface area contributed by atoms with Gasteiger partial charge in [0, 0.05) is 0 Å². The van der Waals surface area contributed by atoms with E-state index in [-0.39, 0.29) is 0 Å². The van der Waals surface area contributed by atoms with Gasteiger partial charge in [0.15, 0.2) is 0 Å².